The minimum atomic E-state index is -4.55. The van der Waals surface area contributed by atoms with Crippen molar-refractivity contribution in [1.82, 2.24) is 5.32 Å². The van der Waals surface area contributed by atoms with Gasteiger partial charge >= 0.3 is 6.18 Å². The van der Waals surface area contributed by atoms with Crippen LogP contribution in [0.1, 0.15) is 27.6 Å². The first-order valence-electron chi connectivity index (χ1n) is 6.57. The summed E-state index contributed by atoms with van der Waals surface area (Å²) in [6.07, 6.45) is -5.99. The van der Waals surface area contributed by atoms with E-state index >= 15 is 0 Å². The van der Waals surface area contributed by atoms with E-state index in [1.165, 1.54) is 18.2 Å². The molecule has 0 heterocycles. The van der Waals surface area contributed by atoms with Gasteiger partial charge in [0, 0.05) is 12.1 Å². The average molecular weight is 309 g/mol. The Balaban J connectivity index is 2.07. The van der Waals surface area contributed by atoms with Crippen LogP contribution in [0.3, 0.4) is 0 Å². The second-order valence-electron chi connectivity index (χ2n) is 4.68. The maximum absolute atomic E-state index is 12.9. The van der Waals surface area contributed by atoms with Crippen LogP contribution in [0.4, 0.5) is 13.2 Å². The lowest BCUT2D eigenvalue weighted by Crippen LogP contribution is -2.29. The monoisotopic (exact) mass is 309 g/mol. The van der Waals surface area contributed by atoms with Crippen LogP contribution < -0.4 is 5.32 Å². The fourth-order valence-corrected chi connectivity index (χ4v) is 2.04. The number of benzene rings is 2. The number of amides is 1. The van der Waals surface area contributed by atoms with Crippen molar-refractivity contribution in [2.24, 2.45) is 0 Å². The lowest BCUT2D eigenvalue weighted by molar-refractivity contribution is -0.139. The molecule has 0 aliphatic rings. The largest absolute Gasteiger partial charge is 0.416 e. The van der Waals surface area contributed by atoms with E-state index in [4.69, 9.17) is 0 Å². The molecule has 2 N–H and O–H groups in total. The van der Waals surface area contributed by atoms with Crippen molar-refractivity contribution in [2.75, 3.05) is 6.54 Å². The highest BCUT2D eigenvalue weighted by Gasteiger charge is 2.34. The van der Waals surface area contributed by atoms with Gasteiger partial charge < -0.3 is 10.4 Å². The van der Waals surface area contributed by atoms with E-state index in [1.807, 2.05) is 0 Å². The first-order valence-corrected chi connectivity index (χ1v) is 6.57. The molecule has 0 saturated heterocycles. The fraction of sp³-hybridized carbons (Fsp3) is 0.188. The molecule has 22 heavy (non-hydrogen) atoms. The summed E-state index contributed by atoms with van der Waals surface area (Å²) in [5.74, 6) is -0.455. The number of aliphatic hydroxyl groups excluding tert-OH is 1. The Hall–Kier alpha value is -2.34. The number of carbonyl (C=O) groups is 1. The molecule has 0 aromatic heterocycles. The zero-order valence-electron chi connectivity index (χ0n) is 11.5. The second-order valence-corrected chi connectivity index (χ2v) is 4.68. The van der Waals surface area contributed by atoms with Crippen molar-refractivity contribution in [3.05, 3.63) is 71.3 Å². The summed E-state index contributed by atoms with van der Waals surface area (Å²) in [6, 6.07) is 13.0. The highest BCUT2D eigenvalue weighted by Crippen LogP contribution is 2.34. The quantitative estimate of drug-likeness (QED) is 0.911. The number of rotatable bonds is 4. The van der Waals surface area contributed by atoms with Gasteiger partial charge in [0.05, 0.1) is 11.7 Å². The van der Waals surface area contributed by atoms with Crippen LogP contribution in [-0.2, 0) is 6.18 Å². The van der Waals surface area contributed by atoms with Crippen molar-refractivity contribution >= 4 is 5.91 Å². The van der Waals surface area contributed by atoms with Crippen LogP contribution >= 0.6 is 0 Å². The van der Waals surface area contributed by atoms with Crippen LogP contribution in [0.25, 0.3) is 0 Å². The molecular weight excluding hydrogens is 295 g/mol. The molecule has 2 rings (SSSR count). The molecule has 3 nitrogen and oxygen atoms in total. The predicted molar refractivity (Wildman–Crippen MR) is 75.2 cm³/mol. The second kappa shape index (κ2) is 6.62. The van der Waals surface area contributed by atoms with Crippen LogP contribution in [0.5, 0.6) is 0 Å². The van der Waals surface area contributed by atoms with Gasteiger partial charge in [-0.2, -0.15) is 13.2 Å². The predicted octanol–water partition coefficient (Wildman–Crippen LogP) is 3.17. The van der Waals surface area contributed by atoms with Gasteiger partial charge in [-0.3, -0.25) is 4.79 Å². The molecule has 0 bridgehead atoms. The van der Waals surface area contributed by atoms with Gasteiger partial charge in [-0.1, -0.05) is 36.4 Å². The van der Waals surface area contributed by atoms with Gasteiger partial charge in [0.2, 0.25) is 0 Å². The number of halogens is 3. The van der Waals surface area contributed by atoms with Crippen molar-refractivity contribution in [2.45, 2.75) is 12.3 Å². The van der Waals surface area contributed by atoms with Gasteiger partial charge in [0.1, 0.15) is 0 Å². The summed E-state index contributed by atoms with van der Waals surface area (Å²) in [7, 11) is 0. The van der Waals surface area contributed by atoms with Crippen molar-refractivity contribution in [3.8, 4) is 0 Å². The lowest BCUT2D eigenvalue weighted by Gasteiger charge is -2.17. The van der Waals surface area contributed by atoms with E-state index in [1.54, 1.807) is 30.3 Å². The Morgan fingerprint density at radius 1 is 1.05 bits per heavy atom. The summed E-state index contributed by atoms with van der Waals surface area (Å²) in [5.41, 5.74) is -0.793. The van der Waals surface area contributed by atoms with Crippen molar-refractivity contribution in [1.29, 1.82) is 0 Å². The first kappa shape index (κ1) is 16.0. The molecular formula is C16H14F3NO2. The van der Waals surface area contributed by atoms with Gasteiger partial charge in [-0.05, 0) is 23.8 Å². The van der Waals surface area contributed by atoms with Gasteiger partial charge in [0.15, 0.2) is 0 Å². The number of hydrogen-bond acceptors (Lipinski definition) is 2. The topological polar surface area (TPSA) is 49.3 Å². The highest BCUT2D eigenvalue weighted by molar-refractivity contribution is 5.94. The Bertz CT molecular complexity index is 641. The molecule has 0 saturated carbocycles. The third-order valence-corrected chi connectivity index (χ3v) is 3.12. The molecule has 6 heteroatoms. The standard InChI is InChI=1S/C16H14F3NO2/c17-16(18,19)13-9-5-4-8-12(13)14(21)10-20-15(22)11-6-2-1-3-7-11/h1-9,14,21H,10H2,(H,20,22)/t14-/m0/s1. The maximum atomic E-state index is 12.9. The summed E-state index contributed by atoms with van der Waals surface area (Å²) >= 11 is 0. The molecule has 2 aromatic carbocycles. The molecule has 0 aliphatic carbocycles. The molecule has 0 fully saturated rings. The maximum Gasteiger partial charge on any atom is 0.416 e. The number of carbonyl (C=O) groups excluding carboxylic acids is 1. The molecule has 2 aromatic rings. The number of nitrogens with one attached hydrogen (secondary N) is 1. The number of aliphatic hydroxyl groups is 1. The summed E-state index contributed by atoms with van der Waals surface area (Å²) in [6.45, 7) is -0.305. The third kappa shape index (κ3) is 3.85. The van der Waals surface area contributed by atoms with Gasteiger partial charge in [-0.25, -0.2) is 0 Å². The van der Waals surface area contributed by atoms with Gasteiger partial charge in [0.25, 0.3) is 5.91 Å². The van der Waals surface area contributed by atoms with Crippen LogP contribution in [0.15, 0.2) is 54.6 Å². The molecule has 0 radical (unpaired) electrons. The SMILES string of the molecule is O=C(NC[C@H](O)c1ccccc1C(F)(F)F)c1ccccc1. The number of alkyl halides is 3. The van der Waals surface area contributed by atoms with Gasteiger partial charge in [-0.15, -0.1) is 0 Å². The number of hydrogen-bond donors (Lipinski definition) is 2. The smallest absolute Gasteiger partial charge is 0.387 e. The van der Waals surface area contributed by atoms with E-state index in [0.717, 1.165) is 6.07 Å². The Morgan fingerprint density at radius 3 is 2.27 bits per heavy atom. The molecule has 0 aliphatic heterocycles. The van der Waals surface area contributed by atoms with Crippen LogP contribution in [0.2, 0.25) is 0 Å². The summed E-state index contributed by atoms with van der Waals surface area (Å²) in [5, 5.41) is 12.4. The Kier molecular flexibility index (Phi) is 4.82. The van der Waals surface area contributed by atoms with E-state index < -0.39 is 23.8 Å². The lowest BCUT2D eigenvalue weighted by atomic mass is 10.0. The molecule has 1 atom stereocenters. The molecule has 116 valence electrons. The summed E-state index contributed by atoms with van der Waals surface area (Å²) < 4.78 is 38.6. The first-order chi connectivity index (χ1) is 10.4. The molecule has 0 spiro atoms. The van der Waals surface area contributed by atoms with E-state index in [9.17, 15) is 23.1 Å². The average Bonchev–Trinajstić information content (AvgIpc) is 2.52. The molecule has 1 amide bonds. The fourth-order valence-electron chi connectivity index (χ4n) is 2.04. The van der Waals surface area contributed by atoms with Crippen molar-refractivity contribution < 1.29 is 23.1 Å². The minimum Gasteiger partial charge on any atom is -0.387 e. The van der Waals surface area contributed by atoms with E-state index in [-0.39, 0.29) is 12.1 Å². The van der Waals surface area contributed by atoms with Crippen LogP contribution in [0, 0.1) is 0 Å². The zero-order valence-corrected chi connectivity index (χ0v) is 11.5. The van der Waals surface area contributed by atoms with E-state index in [0.29, 0.717) is 5.56 Å². The minimum absolute atomic E-state index is 0.261. The Morgan fingerprint density at radius 2 is 1.64 bits per heavy atom. The summed E-state index contributed by atoms with van der Waals surface area (Å²) in [4.78, 5) is 11.8. The normalized spacial score (nSPS) is 12.7. The molecule has 0 unspecified atom stereocenters. The van der Waals surface area contributed by atoms with Crippen LogP contribution in [-0.4, -0.2) is 17.6 Å². The highest BCUT2D eigenvalue weighted by atomic mass is 19.4. The zero-order chi connectivity index (χ0) is 16.2. The Labute approximate surface area is 125 Å². The third-order valence-electron chi connectivity index (χ3n) is 3.12. The van der Waals surface area contributed by atoms with Crippen molar-refractivity contribution in [3.63, 3.8) is 0 Å². The van der Waals surface area contributed by atoms with E-state index in [2.05, 4.69) is 5.32 Å².